The van der Waals surface area contributed by atoms with Crippen LogP contribution in [-0.4, -0.2) is 24.3 Å². The minimum absolute atomic E-state index is 0.0999. The number of rotatable bonds is 3. The first-order chi connectivity index (χ1) is 11.9. The first-order valence-electron chi connectivity index (χ1n) is 9.23. The molecule has 0 fully saturated rings. The maximum atomic E-state index is 13.2. The highest BCUT2D eigenvalue weighted by Gasteiger charge is 2.48. The summed E-state index contributed by atoms with van der Waals surface area (Å²) < 4.78 is 45.8. The summed E-state index contributed by atoms with van der Waals surface area (Å²) >= 11 is 6.60. The number of ether oxygens (including phenoxy) is 1. The molecule has 140 valence electrons. The SMILES string of the molecule is COC1(C2CCC=CC2Cl)CCCC=C1C1=CC(C(F)(F)F)CCC1. The van der Waals surface area contributed by atoms with E-state index in [0.29, 0.717) is 12.8 Å². The Morgan fingerprint density at radius 2 is 2.00 bits per heavy atom. The Kier molecular flexibility index (Phi) is 5.69. The highest BCUT2D eigenvalue weighted by molar-refractivity contribution is 6.22. The summed E-state index contributed by atoms with van der Waals surface area (Å²) in [5.74, 6) is -1.24. The van der Waals surface area contributed by atoms with Crippen molar-refractivity contribution in [1.82, 2.24) is 0 Å². The van der Waals surface area contributed by atoms with E-state index in [-0.39, 0.29) is 17.7 Å². The van der Waals surface area contributed by atoms with E-state index in [1.165, 1.54) is 6.08 Å². The van der Waals surface area contributed by atoms with Crippen LogP contribution >= 0.6 is 11.6 Å². The average molecular weight is 375 g/mol. The molecular weight excluding hydrogens is 349 g/mol. The quantitative estimate of drug-likeness (QED) is 0.413. The minimum atomic E-state index is -4.17. The summed E-state index contributed by atoms with van der Waals surface area (Å²) in [5, 5.41) is -0.141. The zero-order valence-electron chi connectivity index (χ0n) is 14.6. The van der Waals surface area contributed by atoms with Crippen LogP contribution < -0.4 is 0 Å². The number of halogens is 4. The van der Waals surface area contributed by atoms with Gasteiger partial charge in [0.2, 0.25) is 0 Å². The van der Waals surface area contributed by atoms with Gasteiger partial charge in [-0.25, -0.2) is 0 Å². The Hall–Kier alpha value is -0.740. The maximum Gasteiger partial charge on any atom is 0.395 e. The van der Waals surface area contributed by atoms with Gasteiger partial charge >= 0.3 is 6.18 Å². The lowest BCUT2D eigenvalue weighted by Gasteiger charge is -2.47. The molecule has 3 aliphatic rings. The average Bonchev–Trinajstić information content (AvgIpc) is 2.61. The Labute approximate surface area is 153 Å². The van der Waals surface area contributed by atoms with Gasteiger partial charge in [-0.15, -0.1) is 11.6 Å². The van der Waals surface area contributed by atoms with Crippen molar-refractivity contribution in [1.29, 1.82) is 0 Å². The van der Waals surface area contributed by atoms with Gasteiger partial charge in [-0.3, -0.25) is 0 Å². The van der Waals surface area contributed by atoms with Crippen molar-refractivity contribution in [3.05, 3.63) is 35.5 Å². The lowest BCUT2D eigenvalue weighted by atomic mass is 9.66. The first-order valence-corrected chi connectivity index (χ1v) is 9.66. The van der Waals surface area contributed by atoms with Gasteiger partial charge < -0.3 is 4.74 Å². The predicted molar refractivity (Wildman–Crippen MR) is 94.7 cm³/mol. The molecule has 0 saturated heterocycles. The molecule has 0 amide bonds. The van der Waals surface area contributed by atoms with Gasteiger partial charge in [-0.2, -0.15) is 13.2 Å². The van der Waals surface area contributed by atoms with Crippen LogP contribution in [-0.2, 0) is 4.74 Å². The number of hydrogen-bond acceptors (Lipinski definition) is 1. The van der Waals surface area contributed by atoms with Gasteiger partial charge in [-0.1, -0.05) is 24.3 Å². The van der Waals surface area contributed by atoms with E-state index in [4.69, 9.17) is 16.3 Å². The third kappa shape index (κ3) is 3.71. The molecule has 0 aliphatic heterocycles. The van der Waals surface area contributed by atoms with Crippen LogP contribution in [0.25, 0.3) is 0 Å². The van der Waals surface area contributed by atoms with Gasteiger partial charge in [0.05, 0.1) is 16.9 Å². The summed E-state index contributed by atoms with van der Waals surface area (Å²) in [7, 11) is 1.69. The van der Waals surface area contributed by atoms with Crippen LogP contribution in [0.5, 0.6) is 0 Å². The fraction of sp³-hybridized carbons (Fsp3) is 0.700. The van der Waals surface area contributed by atoms with Crippen molar-refractivity contribution >= 4 is 11.6 Å². The third-order valence-electron chi connectivity index (χ3n) is 6.00. The molecule has 5 heteroatoms. The number of alkyl halides is 4. The summed E-state index contributed by atoms with van der Waals surface area (Å²) in [6.07, 6.45) is 9.50. The summed E-state index contributed by atoms with van der Waals surface area (Å²) in [4.78, 5) is 0. The Morgan fingerprint density at radius 3 is 2.68 bits per heavy atom. The Balaban J connectivity index is 1.99. The molecule has 4 atom stereocenters. The van der Waals surface area contributed by atoms with Crippen molar-refractivity contribution in [3.8, 4) is 0 Å². The fourth-order valence-electron chi connectivity index (χ4n) is 4.76. The molecule has 0 bridgehead atoms. The van der Waals surface area contributed by atoms with Gasteiger partial charge in [0.15, 0.2) is 0 Å². The van der Waals surface area contributed by atoms with E-state index in [1.54, 1.807) is 7.11 Å². The zero-order valence-corrected chi connectivity index (χ0v) is 15.4. The largest absolute Gasteiger partial charge is 0.395 e. The molecule has 0 spiro atoms. The lowest BCUT2D eigenvalue weighted by molar-refractivity contribution is -0.164. The fourth-order valence-corrected chi connectivity index (χ4v) is 5.19. The maximum absolute atomic E-state index is 13.2. The van der Waals surface area contributed by atoms with Gasteiger partial charge in [-0.05, 0) is 62.5 Å². The molecular formula is C20H26ClF3O. The molecule has 3 aliphatic carbocycles. The molecule has 3 rings (SSSR count). The van der Waals surface area contributed by atoms with Crippen LogP contribution in [0, 0.1) is 11.8 Å². The molecule has 25 heavy (non-hydrogen) atoms. The van der Waals surface area contributed by atoms with E-state index >= 15 is 0 Å². The van der Waals surface area contributed by atoms with Crippen LogP contribution in [0.4, 0.5) is 13.2 Å². The van der Waals surface area contributed by atoms with Crippen LogP contribution in [0.15, 0.2) is 35.5 Å². The molecule has 4 unspecified atom stereocenters. The van der Waals surface area contributed by atoms with Crippen LogP contribution in [0.2, 0.25) is 0 Å². The minimum Gasteiger partial charge on any atom is -0.373 e. The molecule has 1 nitrogen and oxygen atoms in total. The van der Waals surface area contributed by atoms with E-state index in [0.717, 1.165) is 43.3 Å². The number of methoxy groups -OCH3 is 1. The zero-order chi connectivity index (χ0) is 18.1. The normalized spacial score (nSPS) is 36.8. The van der Waals surface area contributed by atoms with Gasteiger partial charge in [0.1, 0.15) is 0 Å². The van der Waals surface area contributed by atoms with E-state index in [9.17, 15) is 13.2 Å². The second kappa shape index (κ2) is 7.48. The molecule has 0 radical (unpaired) electrons. The second-order valence-electron chi connectivity index (χ2n) is 7.39. The Bertz CT molecular complexity index is 578. The van der Waals surface area contributed by atoms with Crippen molar-refractivity contribution < 1.29 is 17.9 Å². The van der Waals surface area contributed by atoms with Crippen molar-refractivity contribution in [2.45, 2.75) is 68.5 Å². The smallest absolute Gasteiger partial charge is 0.373 e. The molecule has 0 aromatic rings. The van der Waals surface area contributed by atoms with E-state index in [2.05, 4.69) is 12.2 Å². The monoisotopic (exact) mass is 374 g/mol. The van der Waals surface area contributed by atoms with Crippen molar-refractivity contribution in [3.63, 3.8) is 0 Å². The van der Waals surface area contributed by atoms with E-state index < -0.39 is 17.7 Å². The third-order valence-corrected chi connectivity index (χ3v) is 6.45. The molecule has 0 heterocycles. The van der Waals surface area contributed by atoms with Crippen molar-refractivity contribution in [2.75, 3.05) is 7.11 Å². The van der Waals surface area contributed by atoms with Gasteiger partial charge in [0.25, 0.3) is 0 Å². The Morgan fingerprint density at radius 1 is 1.20 bits per heavy atom. The standard InChI is InChI=1S/C20H26ClF3O/c1-25-19(17-10-2-3-11-18(17)21)12-5-4-9-16(19)14-7-6-8-15(13-14)20(22,23)24/h3,9,11,13,15,17-18H,2,4-8,10,12H2,1H3. The summed E-state index contributed by atoms with van der Waals surface area (Å²) in [6.45, 7) is 0. The number of allylic oxidation sites excluding steroid dienone is 4. The summed E-state index contributed by atoms with van der Waals surface area (Å²) in [6, 6.07) is 0. The van der Waals surface area contributed by atoms with Gasteiger partial charge in [0, 0.05) is 13.0 Å². The second-order valence-corrected chi connectivity index (χ2v) is 7.90. The molecule has 0 aromatic carbocycles. The first kappa shape index (κ1) is 19.0. The molecule has 0 saturated carbocycles. The lowest BCUT2D eigenvalue weighted by Crippen LogP contribution is -2.48. The highest BCUT2D eigenvalue weighted by atomic mass is 35.5. The van der Waals surface area contributed by atoms with Crippen LogP contribution in [0.1, 0.15) is 51.4 Å². The highest BCUT2D eigenvalue weighted by Crippen LogP contribution is 2.50. The van der Waals surface area contributed by atoms with Crippen LogP contribution in [0.3, 0.4) is 0 Å². The summed E-state index contributed by atoms with van der Waals surface area (Å²) in [5.41, 5.74) is 1.24. The van der Waals surface area contributed by atoms with Crippen molar-refractivity contribution in [2.24, 2.45) is 11.8 Å². The topological polar surface area (TPSA) is 9.23 Å². The molecule has 0 N–H and O–H groups in total. The number of hydrogen-bond donors (Lipinski definition) is 0. The predicted octanol–water partition coefficient (Wildman–Crippen LogP) is 6.34. The van der Waals surface area contributed by atoms with E-state index in [1.807, 2.05) is 6.08 Å². The molecule has 0 aromatic heterocycles.